The van der Waals surface area contributed by atoms with Crippen LogP contribution in [-0.4, -0.2) is 18.0 Å². The van der Waals surface area contributed by atoms with Crippen molar-refractivity contribution in [2.75, 3.05) is 12.4 Å². The molecule has 1 aromatic heterocycles. The first-order valence-electron chi connectivity index (χ1n) is 7.24. The number of nitrogens with zero attached hydrogens (tertiary/aromatic N) is 1. The number of aromatic amines is 1. The van der Waals surface area contributed by atoms with E-state index in [9.17, 15) is 9.59 Å². The third-order valence-corrected chi connectivity index (χ3v) is 4.11. The van der Waals surface area contributed by atoms with Gasteiger partial charge in [-0.05, 0) is 36.4 Å². The van der Waals surface area contributed by atoms with Gasteiger partial charge in [-0.2, -0.15) is 5.26 Å². The summed E-state index contributed by atoms with van der Waals surface area (Å²) < 4.78 is 5.85. The number of aromatic nitrogens is 1. The van der Waals surface area contributed by atoms with E-state index in [0.29, 0.717) is 27.9 Å². The predicted octanol–water partition coefficient (Wildman–Crippen LogP) is 3.42. The number of carbonyl (C=O) groups is 1. The van der Waals surface area contributed by atoms with Crippen molar-refractivity contribution in [1.29, 1.82) is 5.26 Å². The van der Waals surface area contributed by atoms with Crippen LogP contribution in [0.2, 0.25) is 0 Å². The van der Waals surface area contributed by atoms with Gasteiger partial charge in [0.25, 0.3) is 5.91 Å². The van der Waals surface area contributed by atoms with Gasteiger partial charge < -0.3 is 15.0 Å². The number of rotatable bonds is 3. The van der Waals surface area contributed by atoms with E-state index in [1.54, 1.807) is 30.3 Å². The zero-order valence-electron chi connectivity index (χ0n) is 13.1. The number of fused-ring (bicyclic) bond motifs is 1. The Morgan fingerprint density at radius 2 is 2.04 bits per heavy atom. The van der Waals surface area contributed by atoms with Crippen LogP contribution in [0.4, 0.5) is 5.69 Å². The molecule has 0 saturated heterocycles. The fourth-order valence-electron chi connectivity index (χ4n) is 2.41. The Labute approximate surface area is 151 Å². The number of H-pyrrole nitrogens is 1. The largest absolute Gasteiger partial charge is 0.495 e. The first-order valence-corrected chi connectivity index (χ1v) is 8.03. The highest BCUT2D eigenvalue weighted by atomic mass is 79.9. The molecule has 3 rings (SSSR count). The summed E-state index contributed by atoms with van der Waals surface area (Å²) in [5.41, 5.74) is 1.17. The SMILES string of the molecule is COc1ccc(NC(=O)c2cc(=O)c3cc(Br)ccc3[nH]2)cc1C#N. The molecule has 1 heterocycles. The van der Waals surface area contributed by atoms with E-state index in [1.165, 1.54) is 19.2 Å². The van der Waals surface area contributed by atoms with Crippen LogP contribution in [0, 0.1) is 11.3 Å². The number of carbonyl (C=O) groups excluding carboxylic acids is 1. The molecule has 6 nitrogen and oxygen atoms in total. The summed E-state index contributed by atoms with van der Waals surface area (Å²) >= 11 is 3.31. The van der Waals surface area contributed by atoms with Gasteiger partial charge in [0.1, 0.15) is 17.5 Å². The number of hydrogen-bond acceptors (Lipinski definition) is 4. The lowest BCUT2D eigenvalue weighted by Crippen LogP contribution is -2.17. The van der Waals surface area contributed by atoms with Gasteiger partial charge >= 0.3 is 0 Å². The average Bonchev–Trinajstić information content (AvgIpc) is 2.62. The van der Waals surface area contributed by atoms with Crippen LogP contribution < -0.4 is 15.5 Å². The van der Waals surface area contributed by atoms with E-state index in [4.69, 9.17) is 10.00 Å². The molecule has 2 N–H and O–H groups in total. The topological polar surface area (TPSA) is 95.0 Å². The Bertz CT molecular complexity index is 1080. The molecule has 0 radical (unpaired) electrons. The number of methoxy groups -OCH3 is 1. The van der Waals surface area contributed by atoms with Crippen LogP contribution in [0.15, 0.2) is 51.7 Å². The monoisotopic (exact) mass is 397 g/mol. The van der Waals surface area contributed by atoms with Crippen molar-refractivity contribution in [2.24, 2.45) is 0 Å². The normalized spacial score (nSPS) is 10.3. The van der Waals surface area contributed by atoms with Crippen LogP contribution in [0.1, 0.15) is 16.1 Å². The third kappa shape index (κ3) is 3.39. The molecule has 3 aromatic rings. The van der Waals surface area contributed by atoms with Crippen LogP contribution in [0.3, 0.4) is 0 Å². The molecule has 0 unspecified atom stereocenters. The maximum absolute atomic E-state index is 12.4. The highest BCUT2D eigenvalue weighted by molar-refractivity contribution is 9.10. The summed E-state index contributed by atoms with van der Waals surface area (Å²) in [6.07, 6.45) is 0. The van der Waals surface area contributed by atoms with Gasteiger partial charge in [0.2, 0.25) is 0 Å². The van der Waals surface area contributed by atoms with E-state index in [-0.39, 0.29) is 11.1 Å². The Hall–Kier alpha value is -3.11. The van der Waals surface area contributed by atoms with Gasteiger partial charge in [0.05, 0.1) is 12.7 Å². The molecule has 0 aliphatic heterocycles. The number of ether oxygens (including phenoxy) is 1. The number of nitrogens with one attached hydrogen (secondary N) is 2. The number of benzene rings is 2. The summed E-state index contributed by atoms with van der Waals surface area (Å²) in [4.78, 5) is 27.6. The molecule has 25 heavy (non-hydrogen) atoms. The Morgan fingerprint density at radius 3 is 2.76 bits per heavy atom. The fourth-order valence-corrected chi connectivity index (χ4v) is 2.77. The molecule has 1 amide bonds. The lowest BCUT2D eigenvalue weighted by Gasteiger charge is -2.09. The zero-order chi connectivity index (χ0) is 18.0. The lowest BCUT2D eigenvalue weighted by molar-refractivity contribution is 0.102. The van der Waals surface area contributed by atoms with Crippen molar-refractivity contribution in [3.05, 3.63) is 68.4 Å². The van der Waals surface area contributed by atoms with Gasteiger partial charge in [-0.15, -0.1) is 0 Å². The van der Waals surface area contributed by atoms with E-state index in [1.807, 2.05) is 6.07 Å². The smallest absolute Gasteiger partial charge is 0.272 e. The molecule has 7 heteroatoms. The van der Waals surface area contributed by atoms with E-state index in [2.05, 4.69) is 26.2 Å². The van der Waals surface area contributed by atoms with Crippen molar-refractivity contribution < 1.29 is 9.53 Å². The minimum absolute atomic E-state index is 0.133. The van der Waals surface area contributed by atoms with Crippen molar-refractivity contribution in [3.63, 3.8) is 0 Å². The number of nitriles is 1. The van der Waals surface area contributed by atoms with E-state index in [0.717, 1.165) is 4.47 Å². The maximum atomic E-state index is 12.4. The number of amides is 1. The quantitative estimate of drug-likeness (QED) is 0.707. The molecule has 0 bridgehead atoms. The first kappa shape index (κ1) is 16.7. The van der Waals surface area contributed by atoms with Gasteiger partial charge in [0.15, 0.2) is 5.43 Å². The third-order valence-electron chi connectivity index (χ3n) is 3.61. The fraction of sp³-hybridized carbons (Fsp3) is 0.0556. The number of halogens is 1. The molecule has 0 spiro atoms. The van der Waals surface area contributed by atoms with Crippen LogP contribution >= 0.6 is 15.9 Å². The summed E-state index contributed by atoms with van der Waals surface area (Å²) in [6, 6.07) is 13.2. The molecule has 2 aromatic carbocycles. The molecule has 0 fully saturated rings. The molecule has 0 aliphatic carbocycles. The van der Waals surface area contributed by atoms with Crippen LogP contribution in [-0.2, 0) is 0 Å². The second kappa shape index (κ2) is 6.79. The standard InChI is InChI=1S/C18H12BrN3O3/c1-25-17-5-3-12(6-10(17)9-20)21-18(24)15-8-16(23)13-7-11(19)2-4-14(13)22-15/h2-8H,1H3,(H,21,24)(H,22,23). The van der Waals surface area contributed by atoms with Crippen LogP contribution in [0.5, 0.6) is 5.75 Å². The average molecular weight is 398 g/mol. The first-order chi connectivity index (χ1) is 12.0. The van der Waals surface area contributed by atoms with Crippen molar-refractivity contribution >= 4 is 38.4 Å². The van der Waals surface area contributed by atoms with Crippen molar-refractivity contribution in [1.82, 2.24) is 4.98 Å². The van der Waals surface area contributed by atoms with E-state index >= 15 is 0 Å². The number of pyridine rings is 1. The van der Waals surface area contributed by atoms with Crippen molar-refractivity contribution in [3.8, 4) is 11.8 Å². The van der Waals surface area contributed by atoms with Gasteiger partial charge in [0, 0.05) is 27.1 Å². The Kier molecular flexibility index (Phi) is 4.55. The minimum Gasteiger partial charge on any atom is -0.495 e. The molecule has 0 atom stereocenters. The van der Waals surface area contributed by atoms with E-state index < -0.39 is 5.91 Å². The second-order valence-corrected chi connectivity index (χ2v) is 6.13. The summed E-state index contributed by atoms with van der Waals surface area (Å²) in [7, 11) is 1.46. The lowest BCUT2D eigenvalue weighted by atomic mass is 10.1. The predicted molar refractivity (Wildman–Crippen MR) is 97.9 cm³/mol. The molecule has 0 saturated carbocycles. The molecule has 0 aliphatic rings. The zero-order valence-corrected chi connectivity index (χ0v) is 14.7. The Balaban J connectivity index is 1.94. The summed E-state index contributed by atoms with van der Waals surface area (Å²) in [5.74, 6) is -0.0545. The number of hydrogen-bond donors (Lipinski definition) is 2. The highest BCUT2D eigenvalue weighted by Gasteiger charge is 2.12. The summed E-state index contributed by atoms with van der Waals surface area (Å²) in [5, 5.41) is 12.3. The molecular formula is C18H12BrN3O3. The summed E-state index contributed by atoms with van der Waals surface area (Å²) in [6.45, 7) is 0. The van der Waals surface area contributed by atoms with Gasteiger partial charge in [-0.25, -0.2) is 0 Å². The minimum atomic E-state index is -0.476. The maximum Gasteiger partial charge on any atom is 0.272 e. The van der Waals surface area contributed by atoms with Crippen LogP contribution in [0.25, 0.3) is 10.9 Å². The highest BCUT2D eigenvalue weighted by Crippen LogP contribution is 2.22. The van der Waals surface area contributed by atoms with Gasteiger partial charge in [-0.1, -0.05) is 15.9 Å². The molecular weight excluding hydrogens is 386 g/mol. The second-order valence-electron chi connectivity index (χ2n) is 5.22. The van der Waals surface area contributed by atoms with Crippen molar-refractivity contribution in [2.45, 2.75) is 0 Å². The Morgan fingerprint density at radius 1 is 1.24 bits per heavy atom. The molecule has 124 valence electrons. The van der Waals surface area contributed by atoms with Gasteiger partial charge in [-0.3, -0.25) is 9.59 Å². The number of anilines is 1.